The number of hydrogen-bond donors (Lipinski definition) is 2. The fourth-order valence-corrected chi connectivity index (χ4v) is 3.73. The molecule has 8 heteroatoms. The Kier molecular flexibility index (Phi) is 6.62. The van der Waals surface area contributed by atoms with Crippen LogP contribution in [0.2, 0.25) is 0 Å². The summed E-state index contributed by atoms with van der Waals surface area (Å²) in [5.74, 6) is -0.749. The molecule has 32 heavy (non-hydrogen) atoms. The number of pyridine rings is 2. The Labute approximate surface area is 187 Å². The summed E-state index contributed by atoms with van der Waals surface area (Å²) in [5, 5.41) is 11.1. The molecule has 3 rings (SSSR count). The van der Waals surface area contributed by atoms with Gasteiger partial charge in [0.25, 0.3) is 5.56 Å². The summed E-state index contributed by atoms with van der Waals surface area (Å²) in [4.78, 5) is 32.4. The van der Waals surface area contributed by atoms with Gasteiger partial charge < -0.3 is 24.3 Å². The molecular weight excluding hydrogens is 412 g/mol. The zero-order valence-electron chi connectivity index (χ0n) is 19.2. The first-order chi connectivity index (χ1) is 15.1. The predicted molar refractivity (Wildman–Crippen MR) is 121 cm³/mol. The fourth-order valence-electron chi connectivity index (χ4n) is 3.73. The molecule has 1 atom stereocenters. The van der Waals surface area contributed by atoms with Gasteiger partial charge in [-0.2, -0.15) is 0 Å². The summed E-state index contributed by atoms with van der Waals surface area (Å²) in [6, 6.07) is 1.73. The molecule has 1 aliphatic rings. The van der Waals surface area contributed by atoms with Crippen LogP contribution in [0, 0.1) is 5.41 Å². The molecule has 8 nitrogen and oxygen atoms in total. The molecule has 0 aliphatic carbocycles. The van der Waals surface area contributed by atoms with E-state index in [2.05, 4.69) is 23.5 Å². The number of nitrogens with one attached hydrogen (secondary N) is 1. The predicted octanol–water partition coefficient (Wildman–Crippen LogP) is 4.27. The van der Waals surface area contributed by atoms with Gasteiger partial charge in [0.2, 0.25) is 0 Å². The van der Waals surface area contributed by atoms with E-state index < -0.39 is 22.8 Å². The van der Waals surface area contributed by atoms with Crippen molar-refractivity contribution in [2.24, 2.45) is 5.41 Å². The van der Waals surface area contributed by atoms with Crippen molar-refractivity contribution in [3.05, 3.63) is 39.8 Å². The molecule has 0 radical (unpaired) electrons. The Morgan fingerprint density at radius 1 is 1.44 bits per heavy atom. The number of rotatable bonds is 6. The lowest BCUT2D eigenvalue weighted by atomic mass is 9.75. The average molecular weight is 443 g/mol. The minimum Gasteiger partial charge on any atom is -0.506 e. The number of hydrogen-bond acceptors (Lipinski definition) is 7. The van der Waals surface area contributed by atoms with E-state index in [1.165, 1.54) is 0 Å². The molecule has 2 N–H and O–H groups in total. The smallest absolute Gasteiger partial charge is 0.347 e. The van der Waals surface area contributed by atoms with Crippen LogP contribution in [0.25, 0.3) is 17.5 Å². The number of carbonyl (C=O) groups is 1. The van der Waals surface area contributed by atoms with E-state index in [1.54, 1.807) is 12.1 Å². The van der Waals surface area contributed by atoms with Crippen LogP contribution in [0.4, 0.5) is 0 Å². The highest BCUT2D eigenvalue weighted by atomic mass is 16.5. The van der Waals surface area contributed by atoms with Crippen molar-refractivity contribution in [3.63, 3.8) is 0 Å². The number of methoxy groups -OCH3 is 1. The fraction of sp³-hybridized carbons (Fsp3) is 0.458. The number of ether oxygens (including phenoxy) is 3. The minimum atomic E-state index is -0.913. The van der Waals surface area contributed by atoms with E-state index in [0.717, 1.165) is 20.0 Å². The largest absolute Gasteiger partial charge is 0.506 e. The molecule has 3 heterocycles. The molecule has 1 unspecified atom stereocenters. The van der Waals surface area contributed by atoms with E-state index in [4.69, 9.17) is 14.2 Å². The molecule has 1 aliphatic heterocycles. The Morgan fingerprint density at radius 3 is 2.75 bits per heavy atom. The highest BCUT2D eigenvalue weighted by Gasteiger charge is 2.38. The van der Waals surface area contributed by atoms with Gasteiger partial charge in [-0.15, -0.1) is 0 Å². The number of aromatic nitrogens is 2. The summed E-state index contributed by atoms with van der Waals surface area (Å²) >= 11 is 0. The average Bonchev–Trinajstić information content (AvgIpc) is 2.89. The highest BCUT2D eigenvalue weighted by Crippen LogP contribution is 2.48. The van der Waals surface area contributed by atoms with Gasteiger partial charge in [0.1, 0.15) is 22.9 Å². The summed E-state index contributed by atoms with van der Waals surface area (Å²) in [5.41, 5.74) is -0.0588. The van der Waals surface area contributed by atoms with Gasteiger partial charge in [-0.1, -0.05) is 40.7 Å². The van der Waals surface area contributed by atoms with Gasteiger partial charge in [0.05, 0.1) is 26.0 Å². The Hall–Kier alpha value is -3.29. The summed E-state index contributed by atoms with van der Waals surface area (Å²) in [6.45, 7) is 12.6. The Balaban J connectivity index is 2.30. The molecule has 0 aromatic carbocycles. The molecule has 172 valence electrons. The van der Waals surface area contributed by atoms with Crippen molar-refractivity contribution in [2.45, 2.75) is 46.5 Å². The number of aromatic hydroxyl groups is 1. The van der Waals surface area contributed by atoms with Crippen molar-refractivity contribution in [2.75, 3.05) is 20.3 Å². The lowest BCUT2D eigenvalue weighted by molar-refractivity contribution is 0.0594. The van der Waals surface area contributed by atoms with E-state index >= 15 is 0 Å². The van der Waals surface area contributed by atoms with Crippen molar-refractivity contribution in [3.8, 4) is 28.6 Å². The molecule has 0 spiro atoms. The van der Waals surface area contributed by atoms with Crippen LogP contribution in [0.1, 0.15) is 68.1 Å². The van der Waals surface area contributed by atoms with E-state index in [-0.39, 0.29) is 17.9 Å². The maximum absolute atomic E-state index is 12.8. The van der Waals surface area contributed by atoms with Gasteiger partial charge in [-0.05, 0) is 17.9 Å². The summed E-state index contributed by atoms with van der Waals surface area (Å²) < 4.78 is 16.7. The monoisotopic (exact) mass is 442 g/mol. The molecule has 2 aromatic rings. The molecular formula is C24H30N2O6. The quantitative estimate of drug-likeness (QED) is 0.507. The molecule has 0 amide bonds. The number of H-pyrrole nitrogens is 1. The highest BCUT2D eigenvalue weighted by molar-refractivity contribution is 5.93. The third-order valence-corrected chi connectivity index (χ3v) is 5.58. The van der Waals surface area contributed by atoms with Gasteiger partial charge in [0.15, 0.2) is 11.3 Å². The Morgan fingerprint density at radius 2 is 2.16 bits per heavy atom. The van der Waals surface area contributed by atoms with Crippen LogP contribution in [0.15, 0.2) is 17.4 Å². The standard InChI is InChI=1S/C24H30N2O6/c1-7-9-10-31-15-11-16-19(25-14(15)8-2)20-17(13(12-32-16)24(3,4)5)21(27)18(22(28)26-20)23(29)30-6/h8,11,13H,2,7,9-10,12H2,1,3-6H3,(H2,26,27,28). The van der Waals surface area contributed by atoms with Crippen LogP contribution in [0.5, 0.6) is 17.2 Å². The van der Waals surface area contributed by atoms with Crippen LogP contribution in [0.3, 0.4) is 0 Å². The van der Waals surface area contributed by atoms with Crippen LogP contribution in [-0.4, -0.2) is 41.4 Å². The number of aromatic amines is 1. The van der Waals surface area contributed by atoms with Crippen LogP contribution < -0.4 is 15.0 Å². The van der Waals surface area contributed by atoms with Crippen LogP contribution in [-0.2, 0) is 4.74 Å². The van der Waals surface area contributed by atoms with E-state index in [0.29, 0.717) is 40.8 Å². The van der Waals surface area contributed by atoms with Gasteiger partial charge in [-0.3, -0.25) is 4.79 Å². The van der Waals surface area contributed by atoms with E-state index in [1.807, 2.05) is 20.8 Å². The number of fused-ring (bicyclic) bond motifs is 3. The van der Waals surface area contributed by atoms with Crippen molar-refractivity contribution >= 4 is 12.0 Å². The number of carbonyl (C=O) groups excluding carboxylic acids is 1. The SMILES string of the molecule is C=Cc1nc2c(cc1OCCCC)OCC(C(C)(C)C)c1c-2[nH]c(=O)c(C(=O)OC)c1O. The lowest BCUT2D eigenvalue weighted by Crippen LogP contribution is -2.27. The first-order valence-electron chi connectivity index (χ1n) is 10.6. The number of nitrogens with zero attached hydrogens (tertiary/aromatic N) is 1. The van der Waals surface area contributed by atoms with Gasteiger partial charge in [0, 0.05) is 17.5 Å². The lowest BCUT2D eigenvalue weighted by Gasteiger charge is -2.31. The zero-order chi connectivity index (χ0) is 23.6. The third kappa shape index (κ3) is 4.22. The first kappa shape index (κ1) is 23.4. The second kappa shape index (κ2) is 9.06. The van der Waals surface area contributed by atoms with Gasteiger partial charge >= 0.3 is 5.97 Å². The van der Waals surface area contributed by atoms with Crippen molar-refractivity contribution in [1.82, 2.24) is 9.97 Å². The molecule has 2 aromatic heterocycles. The van der Waals surface area contributed by atoms with Crippen molar-refractivity contribution < 1.29 is 24.1 Å². The summed E-state index contributed by atoms with van der Waals surface area (Å²) in [6.07, 6.45) is 3.44. The zero-order valence-corrected chi connectivity index (χ0v) is 19.2. The molecule has 0 fully saturated rings. The first-order valence-corrected chi connectivity index (χ1v) is 10.6. The third-order valence-electron chi connectivity index (χ3n) is 5.58. The van der Waals surface area contributed by atoms with E-state index in [9.17, 15) is 14.7 Å². The topological polar surface area (TPSA) is 111 Å². The minimum absolute atomic E-state index is 0.202. The molecule has 0 bridgehead atoms. The second-order valence-electron chi connectivity index (χ2n) is 8.81. The number of unbranched alkanes of at least 4 members (excludes halogenated alkanes) is 1. The molecule has 0 saturated carbocycles. The maximum atomic E-state index is 12.8. The summed E-state index contributed by atoms with van der Waals surface area (Å²) in [7, 11) is 1.16. The van der Waals surface area contributed by atoms with Crippen molar-refractivity contribution in [1.29, 1.82) is 0 Å². The maximum Gasteiger partial charge on any atom is 0.347 e. The Bertz CT molecular complexity index is 1100. The van der Waals surface area contributed by atoms with Crippen LogP contribution >= 0.6 is 0 Å². The normalized spacial score (nSPS) is 15.1. The number of esters is 1. The molecule has 0 saturated heterocycles. The second-order valence-corrected chi connectivity index (χ2v) is 8.81. The van der Waals surface area contributed by atoms with Gasteiger partial charge in [-0.25, -0.2) is 9.78 Å².